The summed E-state index contributed by atoms with van der Waals surface area (Å²) < 4.78 is 11.1. The summed E-state index contributed by atoms with van der Waals surface area (Å²) in [5, 5.41) is 10.3. The van der Waals surface area contributed by atoms with Crippen LogP contribution in [0.3, 0.4) is 0 Å². The van der Waals surface area contributed by atoms with Crippen molar-refractivity contribution >= 4 is 11.8 Å². The molecule has 0 radical (unpaired) electrons. The molecule has 3 unspecified atom stereocenters. The van der Waals surface area contributed by atoms with E-state index in [1.165, 1.54) is 4.90 Å². The predicted octanol–water partition coefficient (Wildman–Crippen LogP) is 3.63. The highest BCUT2D eigenvalue weighted by atomic mass is 32.2. The first-order valence-electron chi connectivity index (χ1n) is 7.53. The van der Waals surface area contributed by atoms with Gasteiger partial charge in [0.15, 0.2) is 6.29 Å². The first kappa shape index (κ1) is 16.6. The van der Waals surface area contributed by atoms with Gasteiger partial charge in [-0.2, -0.15) is 0 Å². The van der Waals surface area contributed by atoms with E-state index in [2.05, 4.69) is 18.7 Å². The Morgan fingerprint density at radius 2 is 2.19 bits per heavy atom. The molecule has 3 atom stereocenters. The molecule has 1 aliphatic heterocycles. The van der Waals surface area contributed by atoms with Gasteiger partial charge < -0.3 is 14.6 Å². The molecule has 1 N–H and O–H groups in total. The zero-order chi connectivity index (χ0) is 14.9. The van der Waals surface area contributed by atoms with E-state index in [9.17, 15) is 5.11 Å². The van der Waals surface area contributed by atoms with Crippen LogP contribution in [0.1, 0.15) is 25.7 Å². The Bertz CT molecular complexity index is 404. The minimum atomic E-state index is -0.491. The molecule has 1 fully saturated rings. The minimum absolute atomic E-state index is 0.141. The van der Waals surface area contributed by atoms with E-state index in [-0.39, 0.29) is 11.5 Å². The molecule has 0 aromatic heterocycles. The average Bonchev–Trinajstić information content (AvgIpc) is 2.54. The number of benzene rings is 1. The van der Waals surface area contributed by atoms with Crippen molar-refractivity contribution in [1.29, 1.82) is 0 Å². The van der Waals surface area contributed by atoms with E-state index in [0.29, 0.717) is 13.0 Å². The van der Waals surface area contributed by atoms with E-state index in [1.807, 2.05) is 24.3 Å². The summed E-state index contributed by atoms with van der Waals surface area (Å²) in [6.45, 7) is 4.95. The third-order valence-corrected chi connectivity index (χ3v) is 4.64. The van der Waals surface area contributed by atoms with E-state index >= 15 is 0 Å². The van der Waals surface area contributed by atoms with Gasteiger partial charge in [-0.05, 0) is 37.8 Å². The van der Waals surface area contributed by atoms with E-state index in [1.54, 1.807) is 11.8 Å². The van der Waals surface area contributed by atoms with Gasteiger partial charge in [-0.25, -0.2) is 0 Å². The molecular weight excluding hydrogens is 284 g/mol. The second kappa shape index (κ2) is 9.26. The highest BCUT2D eigenvalue weighted by Gasteiger charge is 2.18. The molecule has 1 heterocycles. The molecule has 0 saturated carbocycles. The average molecular weight is 308 g/mol. The van der Waals surface area contributed by atoms with Crippen molar-refractivity contribution in [2.75, 3.05) is 13.2 Å². The van der Waals surface area contributed by atoms with Gasteiger partial charge in [0.25, 0.3) is 0 Å². The molecule has 21 heavy (non-hydrogen) atoms. The molecule has 1 aromatic rings. The summed E-state index contributed by atoms with van der Waals surface area (Å²) in [6, 6.07) is 10.2. The maximum absolute atomic E-state index is 10.1. The molecule has 0 aliphatic carbocycles. The van der Waals surface area contributed by atoms with Crippen molar-refractivity contribution in [2.45, 2.75) is 48.2 Å². The van der Waals surface area contributed by atoms with E-state index in [4.69, 9.17) is 9.47 Å². The molecule has 116 valence electrons. The summed E-state index contributed by atoms with van der Waals surface area (Å²) in [5.74, 6) is 0. The lowest BCUT2D eigenvalue weighted by molar-refractivity contribution is -0.175. The zero-order valence-corrected chi connectivity index (χ0v) is 13.1. The highest BCUT2D eigenvalue weighted by molar-refractivity contribution is 8.00. The van der Waals surface area contributed by atoms with Gasteiger partial charge in [0.05, 0.1) is 12.7 Å². The molecule has 3 nitrogen and oxygen atoms in total. The molecule has 4 heteroatoms. The molecule has 0 spiro atoms. The standard InChI is InChI=1S/C17H24O3S/c1-2-15(21-16-8-4-3-5-9-16)12-14(18)13-20-17-10-6-7-11-19-17/h2-5,8-9,14-15,17-18H,1,6-7,10-13H2. The van der Waals surface area contributed by atoms with Gasteiger partial charge in [-0.15, -0.1) is 18.3 Å². The third kappa shape index (κ3) is 6.22. The summed E-state index contributed by atoms with van der Waals surface area (Å²) >= 11 is 1.71. The fourth-order valence-corrected chi connectivity index (χ4v) is 3.34. The fraction of sp³-hybridized carbons (Fsp3) is 0.529. The monoisotopic (exact) mass is 308 g/mol. The van der Waals surface area contributed by atoms with Gasteiger partial charge in [0.1, 0.15) is 0 Å². The maximum atomic E-state index is 10.1. The van der Waals surface area contributed by atoms with Crippen molar-refractivity contribution < 1.29 is 14.6 Å². The molecular formula is C17H24O3S. The topological polar surface area (TPSA) is 38.7 Å². The molecule has 2 rings (SSSR count). The Kier molecular flexibility index (Phi) is 7.30. The van der Waals surface area contributed by atoms with Crippen LogP contribution >= 0.6 is 11.8 Å². The van der Waals surface area contributed by atoms with Crippen LogP contribution in [-0.4, -0.2) is 36.0 Å². The lowest BCUT2D eigenvalue weighted by atomic mass is 10.2. The molecule has 1 aromatic carbocycles. The van der Waals surface area contributed by atoms with E-state index in [0.717, 1.165) is 25.9 Å². The zero-order valence-electron chi connectivity index (χ0n) is 12.3. The Morgan fingerprint density at radius 1 is 1.38 bits per heavy atom. The van der Waals surface area contributed by atoms with Crippen molar-refractivity contribution in [3.05, 3.63) is 43.0 Å². The lowest BCUT2D eigenvalue weighted by Crippen LogP contribution is -2.28. The Labute approximate surface area is 131 Å². The second-order valence-electron chi connectivity index (χ2n) is 5.22. The van der Waals surface area contributed by atoms with Gasteiger partial charge in [-0.3, -0.25) is 0 Å². The smallest absolute Gasteiger partial charge is 0.157 e. The van der Waals surface area contributed by atoms with Crippen molar-refractivity contribution in [2.24, 2.45) is 0 Å². The van der Waals surface area contributed by atoms with Crippen LogP contribution in [0.4, 0.5) is 0 Å². The predicted molar refractivity (Wildman–Crippen MR) is 86.5 cm³/mol. The number of aliphatic hydroxyl groups excluding tert-OH is 1. The fourth-order valence-electron chi connectivity index (χ4n) is 2.26. The summed E-state index contributed by atoms with van der Waals surface area (Å²) in [5.41, 5.74) is 0. The van der Waals surface area contributed by atoms with Crippen LogP contribution in [0.2, 0.25) is 0 Å². The lowest BCUT2D eigenvalue weighted by Gasteiger charge is -2.24. The molecule has 0 bridgehead atoms. The number of rotatable bonds is 8. The van der Waals surface area contributed by atoms with Gasteiger partial charge in [-0.1, -0.05) is 24.3 Å². The van der Waals surface area contributed by atoms with Crippen LogP contribution in [0.25, 0.3) is 0 Å². The number of hydrogen-bond donors (Lipinski definition) is 1. The van der Waals surface area contributed by atoms with Gasteiger partial charge >= 0.3 is 0 Å². The van der Waals surface area contributed by atoms with Crippen LogP contribution in [0.15, 0.2) is 47.9 Å². The SMILES string of the molecule is C=CC(CC(O)COC1CCCCO1)Sc1ccccc1. The Hall–Kier alpha value is -0.810. The molecule has 0 amide bonds. The number of hydrogen-bond acceptors (Lipinski definition) is 4. The number of thioether (sulfide) groups is 1. The summed E-state index contributed by atoms with van der Waals surface area (Å²) in [7, 11) is 0. The summed E-state index contributed by atoms with van der Waals surface area (Å²) in [4.78, 5) is 1.19. The first-order valence-corrected chi connectivity index (χ1v) is 8.41. The quantitative estimate of drug-likeness (QED) is 0.588. The van der Waals surface area contributed by atoms with Crippen LogP contribution in [-0.2, 0) is 9.47 Å². The van der Waals surface area contributed by atoms with Gasteiger partial charge in [0, 0.05) is 16.8 Å². The number of ether oxygens (including phenoxy) is 2. The minimum Gasteiger partial charge on any atom is -0.391 e. The third-order valence-electron chi connectivity index (χ3n) is 3.41. The van der Waals surface area contributed by atoms with Crippen LogP contribution < -0.4 is 0 Å². The van der Waals surface area contributed by atoms with Crippen molar-refractivity contribution in [3.8, 4) is 0 Å². The van der Waals surface area contributed by atoms with E-state index < -0.39 is 6.10 Å². The molecule has 1 saturated heterocycles. The van der Waals surface area contributed by atoms with Crippen molar-refractivity contribution in [1.82, 2.24) is 0 Å². The first-order chi connectivity index (χ1) is 10.3. The van der Waals surface area contributed by atoms with Crippen LogP contribution in [0, 0.1) is 0 Å². The summed E-state index contributed by atoms with van der Waals surface area (Å²) in [6.07, 6.45) is 5.06. The maximum Gasteiger partial charge on any atom is 0.157 e. The largest absolute Gasteiger partial charge is 0.391 e. The van der Waals surface area contributed by atoms with Gasteiger partial charge in [0.2, 0.25) is 0 Å². The normalized spacial score (nSPS) is 21.7. The Balaban J connectivity index is 1.71. The number of aliphatic hydroxyl groups is 1. The second-order valence-corrected chi connectivity index (χ2v) is 6.54. The molecule has 1 aliphatic rings. The van der Waals surface area contributed by atoms with Crippen molar-refractivity contribution in [3.63, 3.8) is 0 Å². The van der Waals surface area contributed by atoms with Crippen LogP contribution in [0.5, 0.6) is 0 Å². The highest BCUT2D eigenvalue weighted by Crippen LogP contribution is 2.27. The Morgan fingerprint density at radius 3 is 2.86 bits per heavy atom.